The topological polar surface area (TPSA) is 180 Å². The molecule has 0 bridgehead atoms. The normalized spacial score (nSPS) is 10.9. The standard InChI is InChI=1S/C49H56N8O6S/c1-3-4-5-6-7-8-9-10-11-12-13-16-31-56(43-23-18-21-40-39(43)29-30-41(45(40)59)47(61)53-42-22-14-15-24-44(42)63-2)49(62)64-48-55-50-33-57(48)38-20-17-19-35(32-38)46(60)52-36-25-27-37(28-26-36)54-51-34-58/h14-15,17-30,32-34,54,59H,3-13,16,31H2,1-2H3,(H,51,58)(H,52,60)(H,53,61). The number of fused-ring (bicyclic) bond motifs is 1. The van der Waals surface area contributed by atoms with Crippen LogP contribution < -0.4 is 31.1 Å². The molecule has 0 aliphatic heterocycles. The zero-order chi connectivity index (χ0) is 45.1. The number of unbranched alkanes of at least 4 members (excludes halogenated alkanes) is 11. The second kappa shape index (κ2) is 24.1. The van der Waals surface area contributed by atoms with Gasteiger partial charge in [-0.05, 0) is 73.2 Å². The van der Waals surface area contributed by atoms with E-state index >= 15 is 0 Å². The molecule has 5 N–H and O–H groups in total. The zero-order valence-electron chi connectivity index (χ0n) is 36.3. The number of phenols is 1. The van der Waals surface area contributed by atoms with Crippen molar-refractivity contribution >= 4 is 68.7 Å². The van der Waals surface area contributed by atoms with Crippen LogP contribution in [0.1, 0.15) is 105 Å². The summed E-state index contributed by atoms with van der Waals surface area (Å²) in [7, 11) is 1.52. The van der Waals surface area contributed by atoms with Gasteiger partial charge in [-0.1, -0.05) is 114 Å². The number of phenolic OH excluding ortho intramolecular Hbond substituents is 1. The zero-order valence-corrected chi connectivity index (χ0v) is 37.2. The van der Waals surface area contributed by atoms with Gasteiger partial charge in [-0.3, -0.25) is 34.6 Å². The van der Waals surface area contributed by atoms with Gasteiger partial charge < -0.3 is 25.4 Å². The number of carbonyl (C=O) groups is 4. The summed E-state index contributed by atoms with van der Waals surface area (Å²) in [4.78, 5) is 53.6. The smallest absolute Gasteiger partial charge is 0.293 e. The van der Waals surface area contributed by atoms with Crippen molar-refractivity contribution in [2.45, 2.75) is 89.1 Å². The number of para-hydroxylation sites is 2. The number of benzene rings is 5. The van der Waals surface area contributed by atoms with Crippen LogP contribution in [0.2, 0.25) is 0 Å². The Kier molecular flexibility index (Phi) is 17.6. The quantitative estimate of drug-likeness (QED) is 0.0170. The highest BCUT2D eigenvalue weighted by atomic mass is 32.2. The maximum atomic E-state index is 14.5. The Morgan fingerprint density at radius 3 is 2.16 bits per heavy atom. The molecule has 0 fully saturated rings. The summed E-state index contributed by atoms with van der Waals surface area (Å²) in [5.41, 5.74) is 8.36. The van der Waals surface area contributed by atoms with Crippen molar-refractivity contribution in [3.63, 3.8) is 0 Å². The van der Waals surface area contributed by atoms with E-state index in [0.29, 0.717) is 68.6 Å². The number of hydrazine groups is 1. The Labute approximate surface area is 378 Å². The molecule has 0 aliphatic carbocycles. The van der Waals surface area contributed by atoms with Crippen LogP contribution in [0.5, 0.6) is 11.5 Å². The van der Waals surface area contributed by atoms with E-state index in [1.54, 1.807) is 107 Å². The molecule has 6 aromatic rings. The number of amides is 4. The van der Waals surface area contributed by atoms with Crippen molar-refractivity contribution in [2.24, 2.45) is 0 Å². The van der Waals surface area contributed by atoms with E-state index in [4.69, 9.17) is 4.74 Å². The molecule has 0 saturated heterocycles. The van der Waals surface area contributed by atoms with E-state index in [0.717, 1.165) is 37.4 Å². The number of hydrogen-bond donors (Lipinski definition) is 5. The van der Waals surface area contributed by atoms with Crippen LogP contribution >= 0.6 is 11.8 Å². The second-order valence-corrected chi connectivity index (χ2v) is 16.3. The molecule has 1 heterocycles. The van der Waals surface area contributed by atoms with E-state index in [-0.39, 0.29) is 22.5 Å². The number of aromatic nitrogens is 3. The fourth-order valence-electron chi connectivity index (χ4n) is 7.46. The number of methoxy groups -OCH3 is 1. The van der Waals surface area contributed by atoms with Crippen LogP contribution in [0.25, 0.3) is 16.5 Å². The fraction of sp³-hybridized carbons (Fsp3) is 0.306. The molecule has 0 unspecified atom stereocenters. The highest BCUT2D eigenvalue weighted by Crippen LogP contribution is 2.38. The average molecular weight is 885 g/mol. The summed E-state index contributed by atoms with van der Waals surface area (Å²) in [6.45, 7) is 2.65. The first-order valence-corrected chi connectivity index (χ1v) is 22.7. The predicted octanol–water partition coefficient (Wildman–Crippen LogP) is 11.1. The molecule has 0 radical (unpaired) electrons. The summed E-state index contributed by atoms with van der Waals surface area (Å²) in [5.74, 6) is -0.576. The average Bonchev–Trinajstić information content (AvgIpc) is 3.78. The lowest BCUT2D eigenvalue weighted by molar-refractivity contribution is -0.109. The largest absolute Gasteiger partial charge is 0.506 e. The van der Waals surface area contributed by atoms with Crippen molar-refractivity contribution in [1.82, 2.24) is 20.2 Å². The third-order valence-corrected chi connectivity index (χ3v) is 11.7. The Balaban J connectivity index is 1.19. The van der Waals surface area contributed by atoms with Crippen LogP contribution in [-0.4, -0.2) is 57.0 Å². The minimum absolute atomic E-state index is 0.0756. The van der Waals surface area contributed by atoms with Crippen molar-refractivity contribution in [1.29, 1.82) is 0 Å². The van der Waals surface area contributed by atoms with E-state index < -0.39 is 5.91 Å². The van der Waals surface area contributed by atoms with Gasteiger partial charge in [-0.15, -0.1) is 10.2 Å². The van der Waals surface area contributed by atoms with E-state index in [1.165, 1.54) is 64.8 Å². The fourth-order valence-corrected chi connectivity index (χ4v) is 8.25. The molecule has 0 saturated carbocycles. The SMILES string of the molecule is CCCCCCCCCCCCCCN(C(=O)Sc1nncn1-c1cccc(C(=O)Nc2ccc(NNC=O)cc2)c1)c1cccc2c(O)c(C(=O)Nc3ccccc3OC)ccc12. The maximum absolute atomic E-state index is 14.5. The van der Waals surface area contributed by atoms with Gasteiger partial charge in [-0.25, -0.2) is 0 Å². The molecule has 4 amide bonds. The number of aromatic hydroxyl groups is 1. The molecule has 0 atom stereocenters. The number of anilines is 4. The first-order valence-electron chi connectivity index (χ1n) is 21.9. The van der Waals surface area contributed by atoms with Gasteiger partial charge in [0.25, 0.3) is 17.1 Å². The maximum Gasteiger partial charge on any atom is 0.293 e. The van der Waals surface area contributed by atoms with Crippen LogP contribution in [0.4, 0.5) is 27.5 Å². The van der Waals surface area contributed by atoms with Crippen molar-refractivity contribution in [2.75, 3.05) is 34.6 Å². The molecular formula is C49H56N8O6S. The van der Waals surface area contributed by atoms with E-state index in [1.807, 2.05) is 6.07 Å². The lowest BCUT2D eigenvalue weighted by atomic mass is 10.0. The molecule has 64 heavy (non-hydrogen) atoms. The summed E-state index contributed by atoms with van der Waals surface area (Å²) >= 11 is 0.913. The number of carbonyl (C=O) groups excluding carboxylic acids is 4. The Morgan fingerprint density at radius 1 is 0.750 bits per heavy atom. The molecule has 0 aliphatic rings. The molecule has 0 spiro atoms. The van der Waals surface area contributed by atoms with Crippen molar-refractivity contribution in [3.05, 3.63) is 121 Å². The monoisotopic (exact) mass is 884 g/mol. The molecule has 1 aromatic heterocycles. The summed E-state index contributed by atoms with van der Waals surface area (Å²) < 4.78 is 7.05. The molecule has 5 aromatic carbocycles. The van der Waals surface area contributed by atoms with Gasteiger partial charge in [-0.2, -0.15) is 0 Å². The van der Waals surface area contributed by atoms with E-state index in [2.05, 4.69) is 38.6 Å². The third kappa shape index (κ3) is 12.6. The van der Waals surface area contributed by atoms with Crippen LogP contribution in [0.3, 0.4) is 0 Å². The number of nitrogens with zero attached hydrogens (tertiary/aromatic N) is 4. The first kappa shape index (κ1) is 46.6. The molecule has 15 heteroatoms. The summed E-state index contributed by atoms with van der Waals surface area (Å²) in [6, 6.07) is 29.4. The first-order chi connectivity index (χ1) is 31.3. The molecule has 14 nitrogen and oxygen atoms in total. The number of rotatable bonds is 24. The minimum atomic E-state index is -0.508. The Bertz CT molecular complexity index is 2490. The number of thioether (sulfide) groups is 1. The van der Waals surface area contributed by atoms with Gasteiger partial charge >= 0.3 is 0 Å². The van der Waals surface area contributed by atoms with Crippen molar-refractivity contribution in [3.8, 4) is 17.2 Å². The lowest BCUT2D eigenvalue weighted by Gasteiger charge is -2.24. The number of ether oxygens (including phenoxy) is 1. The Hall–Kier alpha value is -6.87. The van der Waals surface area contributed by atoms with Crippen LogP contribution in [0, 0.1) is 0 Å². The molecular weight excluding hydrogens is 829 g/mol. The predicted molar refractivity (Wildman–Crippen MR) is 255 cm³/mol. The minimum Gasteiger partial charge on any atom is -0.506 e. The third-order valence-electron chi connectivity index (χ3n) is 10.9. The van der Waals surface area contributed by atoms with Crippen molar-refractivity contribution < 1.29 is 29.0 Å². The number of hydrogen-bond acceptors (Lipinski definition) is 10. The molecule has 6 rings (SSSR count). The highest BCUT2D eigenvalue weighted by molar-refractivity contribution is 8.13. The number of nitrogens with one attached hydrogen (secondary N) is 4. The van der Waals surface area contributed by atoms with Crippen LogP contribution in [-0.2, 0) is 4.79 Å². The van der Waals surface area contributed by atoms with Gasteiger partial charge in [0.05, 0.1) is 29.7 Å². The van der Waals surface area contributed by atoms with Gasteiger partial charge in [0.2, 0.25) is 11.6 Å². The van der Waals surface area contributed by atoms with Gasteiger partial charge in [0.1, 0.15) is 17.8 Å². The van der Waals surface area contributed by atoms with E-state index in [9.17, 15) is 24.3 Å². The van der Waals surface area contributed by atoms with Gasteiger partial charge in [0, 0.05) is 46.0 Å². The highest BCUT2D eigenvalue weighted by Gasteiger charge is 2.24. The molecule has 334 valence electrons. The summed E-state index contributed by atoms with van der Waals surface area (Å²) in [6.07, 6.45) is 16.2. The Morgan fingerprint density at radius 2 is 1.44 bits per heavy atom. The van der Waals surface area contributed by atoms with Crippen LogP contribution in [0.15, 0.2) is 115 Å². The summed E-state index contributed by atoms with van der Waals surface area (Å²) in [5, 5.41) is 26.7. The lowest BCUT2D eigenvalue weighted by Crippen LogP contribution is -2.29. The van der Waals surface area contributed by atoms with Gasteiger partial charge in [0.15, 0.2) is 0 Å². The second-order valence-electron chi connectivity index (χ2n) is 15.3.